The van der Waals surface area contributed by atoms with Crippen molar-refractivity contribution in [3.05, 3.63) is 53.1 Å². The third-order valence-electron chi connectivity index (χ3n) is 4.48. The van der Waals surface area contributed by atoms with Crippen molar-refractivity contribution in [1.29, 1.82) is 0 Å². The van der Waals surface area contributed by atoms with Crippen LogP contribution >= 0.6 is 10.3 Å². The number of hydrogen-bond acceptors (Lipinski definition) is 4. The lowest BCUT2D eigenvalue weighted by Gasteiger charge is -2.35. The number of halogens is 2. The molecule has 0 spiro atoms. The van der Waals surface area contributed by atoms with Crippen molar-refractivity contribution in [2.45, 2.75) is 36.5 Å². The Bertz CT molecular complexity index is 929. The molecule has 1 aliphatic rings. The second-order valence-corrected chi connectivity index (χ2v) is 11.2. The fourth-order valence-electron chi connectivity index (χ4n) is 3.13. The van der Waals surface area contributed by atoms with E-state index in [1.165, 1.54) is 0 Å². The van der Waals surface area contributed by atoms with Crippen LogP contribution in [0.4, 0.5) is 8.78 Å². The standard InChI is InChI=1S/C18H20F2O4S2/c1-12-9-15(10-13(2)18(12)21)25(7-3-4-8-25)24-26(22,23)17-6-5-14(19)11-16(17)20/h5-6,9-11,21H,3-4,7-8H2,1-2H3. The van der Waals surface area contributed by atoms with E-state index in [0.29, 0.717) is 33.6 Å². The SMILES string of the molecule is Cc1cc(S2(OS(=O)(=O)c3ccc(F)cc3F)CCCC2)cc(C)c1O. The van der Waals surface area contributed by atoms with E-state index in [9.17, 15) is 22.3 Å². The average molecular weight is 402 g/mol. The Morgan fingerprint density at radius 3 is 2.15 bits per heavy atom. The number of hydrogen-bond donors (Lipinski definition) is 1. The summed E-state index contributed by atoms with van der Waals surface area (Å²) in [4.78, 5) is 0.0544. The Balaban J connectivity index is 2.06. The maximum atomic E-state index is 14.0. The van der Waals surface area contributed by atoms with Crippen molar-refractivity contribution >= 4 is 20.4 Å². The van der Waals surface area contributed by atoms with E-state index in [0.717, 1.165) is 25.0 Å². The molecule has 0 radical (unpaired) electrons. The fourth-order valence-corrected chi connectivity index (χ4v) is 8.99. The van der Waals surface area contributed by atoms with Gasteiger partial charge in [0.25, 0.3) is 0 Å². The summed E-state index contributed by atoms with van der Waals surface area (Å²) in [6.07, 6.45) is 1.60. The van der Waals surface area contributed by atoms with Gasteiger partial charge in [-0.25, -0.2) is 12.4 Å². The van der Waals surface area contributed by atoms with Crippen molar-refractivity contribution in [2.24, 2.45) is 0 Å². The molecule has 0 unspecified atom stereocenters. The summed E-state index contributed by atoms with van der Waals surface area (Å²) in [6.45, 7) is 3.48. The smallest absolute Gasteiger partial charge is 0.309 e. The molecule has 0 atom stereocenters. The molecule has 4 nitrogen and oxygen atoms in total. The Hall–Kier alpha value is -1.64. The first-order valence-corrected chi connectivity index (χ1v) is 11.5. The molecule has 1 heterocycles. The highest BCUT2D eigenvalue weighted by Crippen LogP contribution is 2.63. The fraction of sp³-hybridized carbons (Fsp3) is 0.333. The van der Waals surface area contributed by atoms with Gasteiger partial charge in [-0.15, -0.1) is 0 Å². The molecular formula is C18H20F2O4S2. The number of phenolic OH excluding ortho intramolecular Hbond substituents is 1. The number of benzene rings is 2. The molecule has 2 aromatic rings. The van der Waals surface area contributed by atoms with Crippen LogP contribution in [-0.4, -0.2) is 25.0 Å². The summed E-state index contributed by atoms with van der Waals surface area (Å²) in [5.41, 5.74) is 1.26. The van der Waals surface area contributed by atoms with E-state index >= 15 is 0 Å². The van der Waals surface area contributed by atoms with Crippen LogP contribution in [-0.2, 0) is 13.7 Å². The number of aryl methyl sites for hydroxylation is 2. The van der Waals surface area contributed by atoms with E-state index in [-0.39, 0.29) is 5.75 Å². The van der Waals surface area contributed by atoms with Crippen molar-refractivity contribution < 1.29 is 25.9 Å². The predicted octanol–water partition coefficient (Wildman–Crippen LogP) is 4.57. The van der Waals surface area contributed by atoms with Crippen LogP contribution in [0.25, 0.3) is 0 Å². The third-order valence-corrected chi connectivity index (χ3v) is 10.1. The minimum atomic E-state index is -4.40. The summed E-state index contributed by atoms with van der Waals surface area (Å²) in [5.74, 6) is -0.782. The van der Waals surface area contributed by atoms with Crippen molar-refractivity contribution in [2.75, 3.05) is 11.5 Å². The number of rotatable bonds is 4. The zero-order chi connectivity index (χ0) is 19.1. The van der Waals surface area contributed by atoms with E-state index in [2.05, 4.69) is 0 Å². The average Bonchev–Trinajstić information content (AvgIpc) is 3.00. The van der Waals surface area contributed by atoms with E-state index in [1.54, 1.807) is 26.0 Å². The normalized spacial score (nSPS) is 18.0. The molecule has 0 aromatic heterocycles. The second kappa shape index (κ2) is 6.83. The van der Waals surface area contributed by atoms with Gasteiger partial charge in [0.05, 0.1) is 0 Å². The molecule has 142 valence electrons. The summed E-state index contributed by atoms with van der Waals surface area (Å²) in [5, 5.41) is 10.00. The highest BCUT2D eigenvalue weighted by Gasteiger charge is 2.38. The van der Waals surface area contributed by atoms with Gasteiger partial charge in [-0.1, -0.05) is 10.3 Å². The summed E-state index contributed by atoms with van der Waals surface area (Å²) >= 11 is 0. The van der Waals surface area contributed by atoms with Crippen molar-refractivity contribution in [3.63, 3.8) is 0 Å². The maximum absolute atomic E-state index is 14.0. The lowest BCUT2D eigenvalue weighted by Crippen LogP contribution is -2.16. The van der Waals surface area contributed by atoms with Gasteiger partial charge in [0.1, 0.15) is 22.3 Å². The molecule has 1 fully saturated rings. The van der Waals surface area contributed by atoms with Gasteiger partial charge in [0.15, 0.2) is 0 Å². The third kappa shape index (κ3) is 3.45. The largest absolute Gasteiger partial charge is 0.507 e. The lowest BCUT2D eigenvalue weighted by atomic mass is 10.1. The molecular weight excluding hydrogens is 382 g/mol. The first-order valence-electron chi connectivity index (χ1n) is 8.15. The van der Waals surface area contributed by atoms with Gasteiger partial charge in [-0.05, 0) is 62.1 Å². The molecule has 0 bridgehead atoms. The van der Waals surface area contributed by atoms with Gasteiger partial charge in [0, 0.05) is 22.5 Å². The van der Waals surface area contributed by atoms with Crippen molar-refractivity contribution in [3.8, 4) is 5.75 Å². The molecule has 0 saturated carbocycles. The number of aromatic hydroxyl groups is 1. The molecule has 2 aromatic carbocycles. The summed E-state index contributed by atoms with van der Waals surface area (Å²) < 4.78 is 58.2. The molecule has 8 heteroatoms. The predicted molar refractivity (Wildman–Crippen MR) is 97.0 cm³/mol. The minimum absolute atomic E-state index is 0.161. The van der Waals surface area contributed by atoms with E-state index in [1.807, 2.05) is 0 Å². The monoisotopic (exact) mass is 402 g/mol. The highest BCUT2D eigenvalue weighted by atomic mass is 32.3. The maximum Gasteiger partial charge on any atom is 0.309 e. The second-order valence-electron chi connectivity index (χ2n) is 6.43. The van der Waals surface area contributed by atoms with Crippen LogP contribution in [0, 0.1) is 25.5 Å². The van der Waals surface area contributed by atoms with Crippen LogP contribution in [0.2, 0.25) is 0 Å². The molecule has 0 aliphatic carbocycles. The van der Waals surface area contributed by atoms with Gasteiger partial charge in [0.2, 0.25) is 0 Å². The zero-order valence-corrected chi connectivity index (χ0v) is 16.1. The quantitative estimate of drug-likeness (QED) is 0.814. The Kier molecular flexibility index (Phi) is 5.02. The first kappa shape index (κ1) is 19.1. The Labute approximate surface area is 153 Å². The minimum Gasteiger partial charge on any atom is -0.507 e. The topological polar surface area (TPSA) is 63.6 Å². The zero-order valence-electron chi connectivity index (χ0n) is 14.5. The highest BCUT2D eigenvalue weighted by molar-refractivity contribution is 8.33. The lowest BCUT2D eigenvalue weighted by molar-refractivity contribution is 0.466. The van der Waals surface area contributed by atoms with Gasteiger partial charge < -0.3 is 5.11 Å². The molecule has 3 rings (SSSR count). The summed E-state index contributed by atoms with van der Waals surface area (Å²) in [7, 11) is -6.59. The van der Waals surface area contributed by atoms with Crippen LogP contribution in [0.1, 0.15) is 24.0 Å². The summed E-state index contributed by atoms with van der Waals surface area (Å²) in [6, 6.07) is 5.78. The molecule has 0 amide bonds. The van der Waals surface area contributed by atoms with Crippen LogP contribution in [0.3, 0.4) is 0 Å². The van der Waals surface area contributed by atoms with Gasteiger partial charge >= 0.3 is 10.1 Å². The van der Waals surface area contributed by atoms with Crippen LogP contribution in [0.5, 0.6) is 5.75 Å². The Morgan fingerprint density at radius 2 is 1.62 bits per heavy atom. The van der Waals surface area contributed by atoms with Crippen LogP contribution in [0.15, 0.2) is 40.1 Å². The molecule has 1 N–H and O–H groups in total. The molecule has 1 saturated heterocycles. The van der Waals surface area contributed by atoms with Gasteiger partial charge in [-0.2, -0.15) is 8.42 Å². The van der Waals surface area contributed by atoms with Crippen LogP contribution < -0.4 is 0 Å². The molecule has 26 heavy (non-hydrogen) atoms. The Morgan fingerprint density at radius 1 is 1.04 bits per heavy atom. The van der Waals surface area contributed by atoms with E-state index < -0.39 is 37.0 Å². The molecule has 1 aliphatic heterocycles. The van der Waals surface area contributed by atoms with E-state index in [4.69, 9.17) is 3.63 Å². The first-order chi connectivity index (χ1) is 12.1. The van der Waals surface area contributed by atoms with Gasteiger partial charge in [-0.3, -0.25) is 0 Å². The van der Waals surface area contributed by atoms with Crippen molar-refractivity contribution in [1.82, 2.24) is 0 Å². The number of phenols is 1.